The normalized spacial score (nSPS) is 19.4. The fourth-order valence-corrected chi connectivity index (χ4v) is 3.44. The van der Waals surface area contributed by atoms with E-state index in [0.29, 0.717) is 6.04 Å². The maximum Gasteiger partial charge on any atom is 0.0797 e. The van der Waals surface area contributed by atoms with Gasteiger partial charge in [0.15, 0.2) is 0 Å². The molecule has 0 amide bonds. The summed E-state index contributed by atoms with van der Waals surface area (Å²) in [6, 6.07) is 11.0. The van der Waals surface area contributed by atoms with Gasteiger partial charge in [-0.25, -0.2) is 0 Å². The Kier molecular flexibility index (Phi) is 5.58. The molecule has 0 bridgehead atoms. The average Bonchev–Trinajstić information content (AvgIpc) is 3.02. The van der Waals surface area contributed by atoms with E-state index in [-0.39, 0.29) is 12.1 Å². The maximum absolute atomic E-state index is 10.1. The van der Waals surface area contributed by atoms with Crippen LogP contribution in [0.4, 0.5) is 0 Å². The van der Waals surface area contributed by atoms with Crippen LogP contribution in [0.1, 0.15) is 38.2 Å². The smallest absolute Gasteiger partial charge is 0.0797 e. The van der Waals surface area contributed by atoms with Crippen LogP contribution in [-0.4, -0.2) is 42.8 Å². The zero-order valence-corrected chi connectivity index (χ0v) is 12.8. The van der Waals surface area contributed by atoms with Gasteiger partial charge in [0.2, 0.25) is 0 Å². The van der Waals surface area contributed by atoms with Crippen LogP contribution >= 0.6 is 0 Å². The summed E-state index contributed by atoms with van der Waals surface area (Å²) in [6.07, 6.45) is 5.26. The summed E-state index contributed by atoms with van der Waals surface area (Å²) in [7, 11) is 2.20. The highest BCUT2D eigenvalue weighted by Gasteiger charge is 2.34. The lowest BCUT2D eigenvalue weighted by Crippen LogP contribution is -2.54. The second kappa shape index (κ2) is 7.21. The van der Waals surface area contributed by atoms with E-state index in [2.05, 4.69) is 36.3 Å². The molecule has 0 heterocycles. The van der Waals surface area contributed by atoms with Gasteiger partial charge < -0.3 is 15.3 Å². The van der Waals surface area contributed by atoms with Crippen LogP contribution in [0, 0.1) is 0 Å². The van der Waals surface area contributed by atoms with Crippen LogP contribution in [0.2, 0.25) is 0 Å². The second-order valence-corrected chi connectivity index (χ2v) is 5.99. The van der Waals surface area contributed by atoms with Crippen LogP contribution in [-0.2, 0) is 5.54 Å². The SMILES string of the molecule is CCNC(CO)(CN(C)C1CCCC1)c1ccccc1. The molecule has 112 valence electrons. The number of aliphatic hydroxyl groups excluding tert-OH is 1. The topological polar surface area (TPSA) is 35.5 Å². The third-order valence-corrected chi connectivity index (χ3v) is 4.58. The van der Waals surface area contributed by atoms with Gasteiger partial charge in [0.05, 0.1) is 12.1 Å². The van der Waals surface area contributed by atoms with E-state index >= 15 is 0 Å². The number of aliphatic hydroxyl groups is 1. The zero-order valence-electron chi connectivity index (χ0n) is 12.8. The Balaban J connectivity index is 2.17. The highest BCUT2D eigenvalue weighted by Crippen LogP contribution is 2.27. The first-order valence-electron chi connectivity index (χ1n) is 7.83. The largest absolute Gasteiger partial charge is 0.394 e. The highest BCUT2D eigenvalue weighted by atomic mass is 16.3. The van der Waals surface area contributed by atoms with Gasteiger partial charge in [0.25, 0.3) is 0 Å². The van der Waals surface area contributed by atoms with Crippen molar-refractivity contribution in [1.82, 2.24) is 10.2 Å². The Morgan fingerprint density at radius 2 is 1.90 bits per heavy atom. The van der Waals surface area contributed by atoms with E-state index < -0.39 is 0 Å². The minimum Gasteiger partial charge on any atom is -0.394 e. The summed E-state index contributed by atoms with van der Waals surface area (Å²) in [5, 5.41) is 13.6. The van der Waals surface area contributed by atoms with Crippen molar-refractivity contribution in [3.63, 3.8) is 0 Å². The molecule has 1 atom stereocenters. The standard InChI is InChI=1S/C17H28N2O/c1-3-18-17(14-20,15-9-5-4-6-10-15)13-19(2)16-11-7-8-12-16/h4-6,9-10,16,18,20H,3,7-8,11-14H2,1-2H3. The third-order valence-electron chi connectivity index (χ3n) is 4.58. The van der Waals surface area contributed by atoms with Crippen molar-refractivity contribution in [3.05, 3.63) is 35.9 Å². The van der Waals surface area contributed by atoms with Gasteiger partial charge >= 0.3 is 0 Å². The molecule has 1 aliphatic rings. The van der Waals surface area contributed by atoms with E-state index in [4.69, 9.17) is 0 Å². The molecular formula is C17H28N2O. The molecule has 0 saturated heterocycles. The molecule has 3 heteroatoms. The molecule has 2 N–H and O–H groups in total. The predicted octanol–water partition coefficient (Wildman–Crippen LogP) is 2.36. The van der Waals surface area contributed by atoms with Gasteiger partial charge in [-0.05, 0) is 32.0 Å². The van der Waals surface area contributed by atoms with Crippen molar-refractivity contribution >= 4 is 0 Å². The second-order valence-electron chi connectivity index (χ2n) is 5.99. The number of nitrogens with zero attached hydrogens (tertiary/aromatic N) is 1. The summed E-state index contributed by atoms with van der Waals surface area (Å²) >= 11 is 0. The van der Waals surface area contributed by atoms with E-state index in [1.165, 1.54) is 31.2 Å². The Morgan fingerprint density at radius 1 is 1.25 bits per heavy atom. The molecule has 1 unspecified atom stereocenters. The molecule has 0 aliphatic heterocycles. The Morgan fingerprint density at radius 3 is 2.45 bits per heavy atom. The average molecular weight is 276 g/mol. The molecule has 2 rings (SSSR count). The molecule has 0 aromatic heterocycles. The predicted molar refractivity (Wildman–Crippen MR) is 83.8 cm³/mol. The maximum atomic E-state index is 10.1. The van der Waals surface area contributed by atoms with Crippen LogP contribution in [0.15, 0.2) is 30.3 Å². The van der Waals surface area contributed by atoms with Crippen molar-refractivity contribution in [2.45, 2.75) is 44.2 Å². The monoisotopic (exact) mass is 276 g/mol. The quantitative estimate of drug-likeness (QED) is 0.802. The molecular weight excluding hydrogens is 248 g/mol. The minimum atomic E-state index is -0.354. The first-order valence-corrected chi connectivity index (χ1v) is 7.83. The summed E-state index contributed by atoms with van der Waals surface area (Å²) in [6.45, 7) is 3.94. The first-order chi connectivity index (χ1) is 9.72. The molecule has 1 saturated carbocycles. The van der Waals surface area contributed by atoms with Crippen molar-refractivity contribution < 1.29 is 5.11 Å². The summed E-state index contributed by atoms with van der Waals surface area (Å²) in [4.78, 5) is 2.43. The lowest BCUT2D eigenvalue weighted by Gasteiger charge is -2.39. The Bertz CT molecular complexity index is 389. The van der Waals surface area contributed by atoms with E-state index in [1.54, 1.807) is 0 Å². The molecule has 20 heavy (non-hydrogen) atoms. The Labute approximate surface area is 123 Å². The van der Waals surface area contributed by atoms with Crippen LogP contribution < -0.4 is 5.32 Å². The molecule has 0 radical (unpaired) electrons. The Hall–Kier alpha value is -0.900. The molecule has 1 aromatic rings. The number of benzene rings is 1. The number of rotatable bonds is 7. The zero-order chi connectivity index (χ0) is 14.4. The molecule has 0 spiro atoms. The number of nitrogens with one attached hydrogen (secondary N) is 1. The lowest BCUT2D eigenvalue weighted by molar-refractivity contribution is 0.100. The fraction of sp³-hybridized carbons (Fsp3) is 0.647. The molecule has 1 fully saturated rings. The van der Waals surface area contributed by atoms with Gasteiger partial charge in [-0.15, -0.1) is 0 Å². The van der Waals surface area contributed by atoms with Crippen LogP contribution in [0.25, 0.3) is 0 Å². The van der Waals surface area contributed by atoms with Gasteiger partial charge in [0, 0.05) is 12.6 Å². The summed E-state index contributed by atoms with van der Waals surface area (Å²) in [5.74, 6) is 0. The van der Waals surface area contributed by atoms with Crippen molar-refractivity contribution in [2.24, 2.45) is 0 Å². The van der Waals surface area contributed by atoms with Gasteiger partial charge in [-0.3, -0.25) is 0 Å². The van der Waals surface area contributed by atoms with Crippen molar-refractivity contribution in [2.75, 3.05) is 26.7 Å². The number of hydrogen-bond acceptors (Lipinski definition) is 3. The minimum absolute atomic E-state index is 0.127. The van der Waals surface area contributed by atoms with Gasteiger partial charge in [-0.2, -0.15) is 0 Å². The molecule has 1 aliphatic carbocycles. The van der Waals surface area contributed by atoms with E-state index in [9.17, 15) is 5.11 Å². The number of likely N-dealkylation sites (N-methyl/N-ethyl adjacent to an activating group) is 2. The first kappa shape index (κ1) is 15.5. The third kappa shape index (κ3) is 3.40. The lowest BCUT2D eigenvalue weighted by atomic mass is 9.89. The number of hydrogen-bond donors (Lipinski definition) is 2. The molecule has 3 nitrogen and oxygen atoms in total. The molecule has 1 aromatic carbocycles. The van der Waals surface area contributed by atoms with Crippen LogP contribution in [0.5, 0.6) is 0 Å². The fourth-order valence-electron chi connectivity index (χ4n) is 3.44. The summed E-state index contributed by atoms with van der Waals surface area (Å²) < 4.78 is 0. The van der Waals surface area contributed by atoms with E-state index in [1.807, 2.05) is 18.2 Å². The van der Waals surface area contributed by atoms with E-state index in [0.717, 1.165) is 13.1 Å². The highest BCUT2D eigenvalue weighted by molar-refractivity contribution is 5.25. The summed E-state index contributed by atoms with van der Waals surface area (Å²) in [5.41, 5.74) is 0.821. The van der Waals surface area contributed by atoms with Gasteiger partial charge in [0.1, 0.15) is 0 Å². The van der Waals surface area contributed by atoms with Crippen molar-refractivity contribution in [1.29, 1.82) is 0 Å². The van der Waals surface area contributed by atoms with Gasteiger partial charge in [-0.1, -0.05) is 50.1 Å². The van der Waals surface area contributed by atoms with Crippen molar-refractivity contribution in [3.8, 4) is 0 Å². The van der Waals surface area contributed by atoms with Crippen LogP contribution in [0.3, 0.4) is 0 Å².